The van der Waals surface area contributed by atoms with Crippen LogP contribution in [0.3, 0.4) is 0 Å². The van der Waals surface area contributed by atoms with Gasteiger partial charge in [-0.1, -0.05) is 18.2 Å². The maximum atomic E-state index is 14.2. The standard InChI is InChI=1S/C20H23FN2O4S/c1-27-18-7-3-2-6-15(18)10-11-22-20(24)16-8-9-17(21)19(14-16)28(25,26)23-12-4-5-13-23/h2-3,6-9,14H,4-5,10-13H2,1H3,(H,22,24). The molecule has 1 aliphatic rings. The van der Waals surface area contributed by atoms with E-state index in [1.54, 1.807) is 7.11 Å². The summed E-state index contributed by atoms with van der Waals surface area (Å²) in [5.74, 6) is -0.567. The Bertz CT molecular complexity index is 956. The first kappa shape index (κ1) is 20.3. The molecule has 3 rings (SSSR count). The number of sulfonamides is 1. The molecule has 1 N–H and O–H groups in total. The van der Waals surface area contributed by atoms with Crippen molar-refractivity contribution in [1.82, 2.24) is 9.62 Å². The van der Waals surface area contributed by atoms with Crippen LogP contribution in [-0.4, -0.2) is 45.4 Å². The highest BCUT2D eigenvalue weighted by atomic mass is 32.2. The van der Waals surface area contributed by atoms with Crippen LogP contribution in [-0.2, 0) is 16.4 Å². The van der Waals surface area contributed by atoms with E-state index in [0.29, 0.717) is 26.1 Å². The van der Waals surface area contributed by atoms with Gasteiger partial charge < -0.3 is 10.1 Å². The summed E-state index contributed by atoms with van der Waals surface area (Å²) in [5, 5.41) is 2.74. The molecule has 0 bridgehead atoms. The topological polar surface area (TPSA) is 75.7 Å². The first-order valence-electron chi connectivity index (χ1n) is 9.13. The van der Waals surface area contributed by atoms with E-state index in [2.05, 4.69) is 5.32 Å². The third-order valence-corrected chi connectivity index (χ3v) is 6.66. The van der Waals surface area contributed by atoms with Crippen molar-refractivity contribution >= 4 is 15.9 Å². The molecule has 0 saturated carbocycles. The molecule has 0 aliphatic carbocycles. The molecule has 8 heteroatoms. The van der Waals surface area contributed by atoms with Crippen LogP contribution in [0, 0.1) is 5.82 Å². The highest BCUT2D eigenvalue weighted by molar-refractivity contribution is 7.89. The number of halogens is 1. The lowest BCUT2D eigenvalue weighted by Gasteiger charge is -2.16. The molecule has 1 heterocycles. The zero-order valence-electron chi connectivity index (χ0n) is 15.7. The quantitative estimate of drug-likeness (QED) is 0.767. The van der Waals surface area contributed by atoms with E-state index in [1.807, 2.05) is 24.3 Å². The molecule has 0 atom stereocenters. The van der Waals surface area contributed by atoms with Crippen LogP contribution < -0.4 is 10.1 Å². The zero-order chi connectivity index (χ0) is 20.1. The number of amides is 1. The lowest BCUT2D eigenvalue weighted by molar-refractivity contribution is 0.0953. The number of carbonyl (C=O) groups is 1. The normalized spacial score (nSPS) is 14.8. The number of rotatable bonds is 7. The molecule has 28 heavy (non-hydrogen) atoms. The van der Waals surface area contributed by atoms with Gasteiger partial charge in [-0.25, -0.2) is 12.8 Å². The second kappa shape index (κ2) is 8.70. The lowest BCUT2D eigenvalue weighted by Crippen LogP contribution is -2.30. The van der Waals surface area contributed by atoms with Gasteiger partial charge in [0.15, 0.2) is 0 Å². The van der Waals surface area contributed by atoms with Gasteiger partial charge in [-0.15, -0.1) is 0 Å². The van der Waals surface area contributed by atoms with Gasteiger partial charge in [-0.3, -0.25) is 4.79 Å². The van der Waals surface area contributed by atoms with Crippen LogP contribution in [0.15, 0.2) is 47.4 Å². The predicted molar refractivity (Wildman–Crippen MR) is 103 cm³/mol. The molecule has 2 aromatic rings. The summed E-state index contributed by atoms with van der Waals surface area (Å²) in [5.41, 5.74) is 1.06. The fourth-order valence-electron chi connectivity index (χ4n) is 3.23. The zero-order valence-corrected chi connectivity index (χ0v) is 16.5. The smallest absolute Gasteiger partial charge is 0.251 e. The third kappa shape index (κ3) is 4.34. The highest BCUT2D eigenvalue weighted by Gasteiger charge is 2.30. The molecule has 150 valence electrons. The number of hydrogen-bond acceptors (Lipinski definition) is 4. The Kier molecular flexibility index (Phi) is 6.31. The van der Waals surface area contributed by atoms with E-state index in [-0.39, 0.29) is 5.56 Å². The third-order valence-electron chi connectivity index (χ3n) is 4.75. The average molecular weight is 406 g/mol. The van der Waals surface area contributed by atoms with Crippen LogP contribution >= 0.6 is 0 Å². The molecule has 0 unspecified atom stereocenters. The SMILES string of the molecule is COc1ccccc1CCNC(=O)c1ccc(F)c(S(=O)(=O)N2CCCC2)c1. The lowest BCUT2D eigenvalue weighted by atomic mass is 10.1. The summed E-state index contributed by atoms with van der Waals surface area (Å²) in [4.78, 5) is 12.0. The Balaban J connectivity index is 1.70. The molecular formula is C20H23FN2O4S. The van der Waals surface area contributed by atoms with Crippen molar-refractivity contribution in [3.8, 4) is 5.75 Å². The summed E-state index contributed by atoms with van der Waals surface area (Å²) in [7, 11) is -2.35. The maximum absolute atomic E-state index is 14.2. The number of ether oxygens (including phenoxy) is 1. The second-order valence-electron chi connectivity index (χ2n) is 6.57. The summed E-state index contributed by atoms with van der Waals surface area (Å²) in [6.45, 7) is 1.08. The number of nitrogens with zero attached hydrogens (tertiary/aromatic N) is 1. The van der Waals surface area contributed by atoms with Crippen molar-refractivity contribution in [2.75, 3.05) is 26.7 Å². The Morgan fingerprint density at radius 1 is 1.18 bits per heavy atom. The van der Waals surface area contributed by atoms with Gasteiger partial charge in [-0.2, -0.15) is 4.31 Å². The van der Waals surface area contributed by atoms with Gasteiger partial charge in [-0.05, 0) is 49.1 Å². The van der Waals surface area contributed by atoms with Gasteiger partial charge in [0.25, 0.3) is 5.91 Å². The van der Waals surface area contributed by atoms with Gasteiger partial charge in [0.05, 0.1) is 7.11 Å². The van der Waals surface area contributed by atoms with E-state index in [0.717, 1.165) is 36.3 Å². The number of carbonyl (C=O) groups excluding carboxylic acids is 1. The van der Waals surface area contributed by atoms with Crippen LogP contribution in [0.2, 0.25) is 0 Å². The minimum atomic E-state index is -3.94. The van der Waals surface area contributed by atoms with Gasteiger partial charge in [0.2, 0.25) is 10.0 Å². The van der Waals surface area contributed by atoms with Crippen molar-refractivity contribution in [3.05, 3.63) is 59.4 Å². The molecule has 0 aromatic heterocycles. The Labute approximate surface area is 164 Å². The molecule has 2 aromatic carbocycles. The van der Waals surface area contributed by atoms with Gasteiger partial charge in [0, 0.05) is 25.2 Å². The fraction of sp³-hybridized carbons (Fsp3) is 0.350. The largest absolute Gasteiger partial charge is 0.496 e. The molecule has 6 nitrogen and oxygen atoms in total. The van der Waals surface area contributed by atoms with Gasteiger partial charge in [0.1, 0.15) is 16.5 Å². The van der Waals surface area contributed by atoms with Crippen molar-refractivity contribution < 1.29 is 22.3 Å². The second-order valence-corrected chi connectivity index (χ2v) is 8.48. The van der Waals surface area contributed by atoms with E-state index in [1.165, 1.54) is 10.4 Å². The van der Waals surface area contributed by atoms with Crippen LogP contribution in [0.4, 0.5) is 4.39 Å². The monoisotopic (exact) mass is 406 g/mol. The number of para-hydroxylation sites is 1. The molecule has 0 spiro atoms. The average Bonchev–Trinajstić information content (AvgIpc) is 3.24. The molecule has 1 amide bonds. The summed E-state index contributed by atoms with van der Waals surface area (Å²) < 4.78 is 46.0. The molecule has 1 fully saturated rings. The highest BCUT2D eigenvalue weighted by Crippen LogP contribution is 2.24. The summed E-state index contributed by atoms with van der Waals surface area (Å²) in [6.07, 6.45) is 2.06. The van der Waals surface area contributed by atoms with Crippen LogP contribution in [0.1, 0.15) is 28.8 Å². The van der Waals surface area contributed by atoms with Gasteiger partial charge >= 0.3 is 0 Å². The minimum absolute atomic E-state index is 0.110. The number of nitrogens with one attached hydrogen (secondary N) is 1. The fourth-order valence-corrected chi connectivity index (χ4v) is 4.84. The van der Waals surface area contributed by atoms with Crippen LogP contribution in [0.25, 0.3) is 0 Å². The van der Waals surface area contributed by atoms with Crippen LogP contribution in [0.5, 0.6) is 5.75 Å². The summed E-state index contributed by atoms with van der Waals surface area (Å²) >= 11 is 0. The van der Waals surface area contributed by atoms with E-state index in [4.69, 9.17) is 4.74 Å². The molecule has 1 saturated heterocycles. The Hall–Kier alpha value is -2.45. The Morgan fingerprint density at radius 3 is 2.61 bits per heavy atom. The van der Waals surface area contributed by atoms with Crippen molar-refractivity contribution in [2.45, 2.75) is 24.2 Å². The minimum Gasteiger partial charge on any atom is -0.496 e. The number of benzene rings is 2. The first-order valence-corrected chi connectivity index (χ1v) is 10.6. The van der Waals surface area contributed by atoms with Crippen molar-refractivity contribution in [3.63, 3.8) is 0 Å². The van der Waals surface area contributed by atoms with E-state index >= 15 is 0 Å². The predicted octanol–water partition coefficient (Wildman–Crippen LogP) is 2.59. The van der Waals surface area contributed by atoms with E-state index < -0.39 is 26.6 Å². The number of methoxy groups -OCH3 is 1. The maximum Gasteiger partial charge on any atom is 0.251 e. The van der Waals surface area contributed by atoms with E-state index in [9.17, 15) is 17.6 Å². The summed E-state index contributed by atoms with van der Waals surface area (Å²) in [6, 6.07) is 10.9. The molecule has 1 aliphatic heterocycles. The number of hydrogen-bond donors (Lipinski definition) is 1. The molecular weight excluding hydrogens is 383 g/mol. The Morgan fingerprint density at radius 2 is 1.89 bits per heavy atom. The van der Waals surface area contributed by atoms with Crippen molar-refractivity contribution in [2.24, 2.45) is 0 Å². The first-order chi connectivity index (χ1) is 13.4. The molecule has 0 radical (unpaired) electrons. The van der Waals surface area contributed by atoms with Crippen molar-refractivity contribution in [1.29, 1.82) is 0 Å².